The predicted octanol–water partition coefficient (Wildman–Crippen LogP) is -0.454. The van der Waals surface area contributed by atoms with Gasteiger partial charge in [-0.1, -0.05) is 0 Å². The van der Waals surface area contributed by atoms with Crippen LogP contribution in [0.15, 0.2) is 4.79 Å². The summed E-state index contributed by atoms with van der Waals surface area (Å²) in [5.74, 6) is 1.18. The van der Waals surface area contributed by atoms with Gasteiger partial charge in [0.05, 0.1) is 25.1 Å². The van der Waals surface area contributed by atoms with Crippen LogP contribution >= 0.6 is 0 Å². The van der Waals surface area contributed by atoms with Crippen LogP contribution in [-0.4, -0.2) is 58.0 Å². The van der Waals surface area contributed by atoms with Crippen molar-refractivity contribution in [1.29, 1.82) is 5.26 Å². The Morgan fingerprint density at radius 3 is 2.80 bits per heavy atom. The van der Waals surface area contributed by atoms with E-state index in [4.69, 9.17) is 10.00 Å². The molecule has 2 atom stereocenters. The van der Waals surface area contributed by atoms with Crippen molar-refractivity contribution in [3.8, 4) is 6.07 Å². The van der Waals surface area contributed by atoms with Crippen LogP contribution in [0.1, 0.15) is 12.7 Å². The highest BCUT2D eigenvalue weighted by molar-refractivity contribution is 5.84. The molecule has 1 saturated heterocycles. The second-order valence-electron chi connectivity index (χ2n) is 6.44. The van der Waals surface area contributed by atoms with Gasteiger partial charge in [-0.15, -0.1) is 0 Å². The highest BCUT2D eigenvalue weighted by atomic mass is 16.5. The lowest BCUT2D eigenvalue weighted by molar-refractivity contribution is 0.166. The van der Waals surface area contributed by atoms with Crippen LogP contribution in [0.5, 0.6) is 0 Å². The molecule has 0 amide bonds. The molecular formula is C16H23N7O2. The monoisotopic (exact) mass is 345 g/mol. The minimum Gasteiger partial charge on any atom is -0.383 e. The van der Waals surface area contributed by atoms with Crippen LogP contribution in [-0.2, 0) is 25.3 Å². The lowest BCUT2D eigenvalue weighted by atomic mass is 10.1. The van der Waals surface area contributed by atoms with E-state index in [2.05, 4.69) is 33.2 Å². The summed E-state index contributed by atoms with van der Waals surface area (Å²) in [6, 6.07) is 2.44. The molecule has 0 bridgehead atoms. The molecule has 0 radical (unpaired) electrons. The van der Waals surface area contributed by atoms with E-state index in [9.17, 15) is 4.79 Å². The maximum atomic E-state index is 12.4. The van der Waals surface area contributed by atoms with Crippen LogP contribution in [0.3, 0.4) is 0 Å². The molecule has 0 aliphatic carbocycles. The second-order valence-corrected chi connectivity index (χ2v) is 6.44. The highest BCUT2D eigenvalue weighted by Gasteiger charge is 2.30. The van der Waals surface area contributed by atoms with E-state index in [1.54, 1.807) is 18.7 Å². The Kier molecular flexibility index (Phi) is 4.74. The van der Waals surface area contributed by atoms with Gasteiger partial charge in [0.15, 0.2) is 5.82 Å². The minimum absolute atomic E-state index is 0.0606. The van der Waals surface area contributed by atoms with Gasteiger partial charge < -0.3 is 19.5 Å². The first kappa shape index (κ1) is 17.4. The number of nitrogens with one attached hydrogen (secondary N) is 1. The molecule has 2 aromatic rings. The smallest absolute Gasteiger partial charge is 0.350 e. The number of fused-ring (bicyclic) bond motifs is 1. The molecule has 25 heavy (non-hydrogen) atoms. The zero-order chi connectivity index (χ0) is 18.1. The molecule has 2 aromatic heterocycles. The van der Waals surface area contributed by atoms with Gasteiger partial charge in [0.25, 0.3) is 0 Å². The molecular weight excluding hydrogens is 322 g/mol. The average Bonchev–Trinajstić information content (AvgIpc) is 2.90. The van der Waals surface area contributed by atoms with Crippen molar-refractivity contribution in [2.45, 2.75) is 25.4 Å². The Labute approximate surface area is 145 Å². The Morgan fingerprint density at radius 1 is 1.36 bits per heavy atom. The number of nitrogens with zero attached hydrogens (tertiary/aromatic N) is 6. The summed E-state index contributed by atoms with van der Waals surface area (Å²) in [6.45, 7) is 4.06. The van der Waals surface area contributed by atoms with Gasteiger partial charge in [0.2, 0.25) is 0 Å². The Hall–Kier alpha value is -2.44. The van der Waals surface area contributed by atoms with E-state index in [0.29, 0.717) is 36.0 Å². The van der Waals surface area contributed by atoms with Crippen LogP contribution in [0.25, 0.3) is 11.2 Å². The summed E-state index contributed by atoms with van der Waals surface area (Å²) < 4.78 is 8.61. The molecule has 1 fully saturated rings. The number of hydrogen-bond acceptors (Lipinski definition) is 7. The first-order valence-corrected chi connectivity index (χ1v) is 8.26. The number of piperazine rings is 1. The van der Waals surface area contributed by atoms with Crippen LogP contribution in [0.4, 0.5) is 5.82 Å². The molecule has 0 saturated carbocycles. The number of rotatable bonds is 4. The largest absolute Gasteiger partial charge is 0.383 e. The quantitative estimate of drug-likeness (QED) is 0.800. The fourth-order valence-corrected chi connectivity index (χ4v) is 3.36. The molecule has 0 spiro atoms. The van der Waals surface area contributed by atoms with Gasteiger partial charge in [-0.2, -0.15) is 10.2 Å². The maximum absolute atomic E-state index is 12.4. The topological polar surface area (TPSA) is 101 Å². The Bertz CT molecular complexity index is 879. The third-order valence-corrected chi connectivity index (χ3v) is 4.66. The van der Waals surface area contributed by atoms with E-state index in [1.807, 2.05) is 7.05 Å². The van der Waals surface area contributed by atoms with Crippen molar-refractivity contribution in [1.82, 2.24) is 24.4 Å². The number of aromatic nitrogens is 4. The van der Waals surface area contributed by atoms with Gasteiger partial charge in [-0.3, -0.25) is 4.57 Å². The average molecular weight is 345 g/mol. The lowest BCUT2D eigenvalue weighted by Crippen LogP contribution is -2.58. The van der Waals surface area contributed by atoms with Gasteiger partial charge in [0, 0.05) is 40.3 Å². The minimum atomic E-state index is -0.337. The summed E-state index contributed by atoms with van der Waals surface area (Å²) >= 11 is 0. The summed E-state index contributed by atoms with van der Waals surface area (Å²) in [6.07, 6.45) is 0.179. The highest BCUT2D eigenvalue weighted by Crippen LogP contribution is 2.26. The normalized spacial score (nSPS) is 20.8. The zero-order valence-corrected chi connectivity index (χ0v) is 15.0. The van der Waals surface area contributed by atoms with Gasteiger partial charge in [-0.05, 0) is 6.92 Å². The third-order valence-electron chi connectivity index (χ3n) is 4.66. The van der Waals surface area contributed by atoms with Crippen molar-refractivity contribution < 1.29 is 4.74 Å². The summed E-state index contributed by atoms with van der Waals surface area (Å²) in [4.78, 5) is 23.4. The van der Waals surface area contributed by atoms with E-state index in [-0.39, 0.29) is 24.2 Å². The molecule has 0 aromatic carbocycles. The molecule has 9 heteroatoms. The fourth-order valence-electron chi connectivity index (χ4n) is 3.36. The molecule has 1 N–H and O–H groups in total. The number of imidazole rings is 1. The lowest BCUT2D eigenvalue weighted by Gasteiger charge is -2.39. The summed E-state index contributed by atoms with van der Waals surface area (Å²) in [7, 11) is 5.15. The van der Waals surface area contributed by atoms with Crippen LogP contribution < -0.4 is 15.9 Å². The van der Waals surface area contributed by atoms with Gasteiger partial charge in [-0.25, -0.2) is 9.78 Å². The number of anilines is 1. The fraction of sp³-hybridized carbons (Fsp3) is 0.625. The second kappa shape index (κ2) is 6.82. The van der Waals surface area contributed by atoms with Crippen molar-refractivity contribution in [2.24, 2.45) is 14.1 Å². The first-order valence-electron chi connectivity index (χ1n) is 8.26. The standard InChI is InChI=1S/C16H23N7O2/c1-10-8-23(11(7-18-10)9-25-4)14-13-15(22(3)16(24)20-14)21(2)12(19-13)5-6-17/h10-11,18H,5,7-9H2,1-4H3/t10-,11-/m1/s1. The molecule has 3 rings (SSSR count). The molecule has 9 nitrogen and oxygen atoms in total. The summed E-state index contributed by atoms with van der Waals surface area (Å²) in [5.41, 5.74) is 0.976. The number of aryl methyl sites for hydroxylation is 2. The van der Waals surface area contributed by atoms with Crippen LogP contribution in [0.2, 0.25) is 0 Å². The van der Waals surface area contributed by atoms with Crippen molar-refractivity contribution in [3.05, 3.63) is 16.3 Å². The van der Waals surface area contributed by atoms with Crippen LogP contribution in [0, 0.1) is 11.3 Å². The third kappa shape index (κ3) is 2.99. The Balaban J connectivity index is 2.21. The number of nitriles is 1. The molecule has 1 aliphatic heterocycles. The first-order chi connectivity index (χ1) is 12.0. The number of ether oxygens (including phenoxy) is 1. The molecule has 0 unspecified atom stereocenters. The van der Waals surface area contributed by atoms with E-state index in [1.165, 1.54) is 4.57 Å². The molecule has 1 aliphatic rings. The van der Waals surface area contributed by atoms with Crippen molar-refractivity contribution >= 4 is 17.0 Å². The van der Waals surface area contributed by atoms with Gasteiger partial charge >= 0.3 is 5.69 Å². The van der Waals surface area contributed by atoms with E-state index >= 15 is 0 Å². The predicted molar refractivity (Wildman–Crippen MR) is 93.5 cm³/mol. The van der Waals surface area contributed by atoms with E-state index in [0.717, 1.165) is 6.54 Å². The van der Waals surface area contributed by atoms with Crippen molar-refractivity contribution in [3.63, 3.8) is 0 Å². The number of methoxy groups -OCH3 is 1. The number of hydrogen-bond donors (Lipinski definition) is 1. The SMILES string of the molecule is COC[C@H]1CN[C@H](C)CN1c1nc(=O)n(C)c2c1nc(CC#N)n2C. The summed E-state index contributed by atoms with van der Waals surface area (Å²) in [5, 5.41) is 12.5. The van der Waals surface area contributed by atoms with Crippen molar-refractivity contribution in [2.75, 3.05) is 31.7 Å². The molecule has 134 valence electrons. The molecule has 3 heterocycles. The Morgan fingerprint density at radius 2 is 2.12 bits per heavy atom. The van der Waals surface area contributed by atoms with Gasteiger partial charge in [0.1, 0.15) is 17.0 Å². The zero-order valence-electron chi connectivity index (χ0n) is 15.0. The van der Waals surface area contributed by atoms with E-state index < -0.39 is 0 Å². The maximum Gasteiger partial charge on any atom is 0.350 e.